The van der Waals surface area contributed by atoms with Crippen LogP contribution in [0.2, 0.25) is 0 Å². The van der Waals surface area contributed by atoms with E-state index in [0.717, 1.165) is 22.5 Å². The van der Waals surface area contributed by atoms with Gasteiger partial charge in [-0.2, -0.15) is 11.8 Å². The third kappa shape index (κ3) is 5.17. The molecule has 0 aromatic heterocycles. The number of rotatable bonds is 6. The zero-order valence-corrected chi connectivity index (χ0v) is 17.7. The van der Waals surface area contributed by atoms with E-state index < -0.39 is 12.2 Å². The maximum atomic E-state index is 12.7. The van der Waals surface area contributed by atoms with Gasteiger partial charge in [-0.05, 0) is 19.2 Å². The van der Waals surface area contributed by atoms with Crippen molar-refractivity contribution in [3.8, 4) is 0 Å². The molecule has 152 valence electrons. The minimum absolute atomic E-state index is 0.154. The predicted molar refractivity (Wildman–Crippen MR) is 120 cm³/mol. The number of fused-ring (bicyclic) bond motifs is 1. The van der Waals surface area contributed by atoms with Crippen molar-refractivity contribution in [1.29, 1.82) is 0 Å². The van der Waals surface area contributed by atoms with Crippen molar-refractivity contribution >= 4 is 35.0 Å². The molecule has 2 atom stereocenters. The molecule has 0 saturated carbocycles. The Morgan fingerprint density at radius 3 is 2.59 bits per heavy atom. The van der Waals surface area contributed by atoms with E-state index in [9.17, 15) is 9.59 Å². The summed E-state index contributed by atoms with van der Waals surface area (Å²) in [5.41, 5.74) is 3.93. The molecule has 2 amide bonds. The monoisotopic (exact) mass is 410 g/mol. The molecule has 2 aromatic carbocycles. The van der Waals surface area contributed by atoms with Crippen molar-refractivity contribution in [3.63, 3.8) is 0 Å². The van der Waals surface area contributed by atoms with Gasteiger partial charge in [0.15, 0.2) is 0 Å². The van der Waals surface area contributed by atoms with Gasteiger partial charge < -0.3 is 15.5 Å². The van der Waals surface area contributed by atoms with E-state index in [4.69, 9.17) is 4.99 Å². The van der Waals surface area contributed by atoms with Gasteiger partial charge in [-0.1, -0.05) is 48.5 Å². The number of benzodiazepines with no additional fused rings is 1. The summed E-state index contributed by atoms with van der Waals surface area (Å²) in [7, 11) is 1.99. The minimum Gasteiger partial charge on any atom is -0.370 e. The maximum absolute atomic E-state index is 12.7. The number of carbonyl (C=O) groups is 2. The summed E-state index contributed by atoms with van der Waals surface area (Å²) < 4.78 is 0. The highest BCUT2D eigenvalue weighted by Gasteiger charge is 2.25. The number of amides is 2. The summed E-state index contributed by atoms with van der Waals surface area (Å²) in [5, 5.41) is 5.70. The second kappa shape index (κ2) is 9.60. The number of para-hydroxylation sites is 1. The summed E-state index contributed by atoms with van der Waals surface area (Å²) >= 11 is 1.42. The molecule has 0 saturated heterocycles. The largest absolute Gasteiger partial charge is 0.370 e. The van der Waals surface area contributed by atoms with Gasteiger partial charge in [-0.25, -0.2) is 0 Å². The smallest absolute Gasteiger partial charge is 0.243 e. The number of carbonyl (C=O) groups excluding carboxylic acids is 2. The maximum Gasteiger partial charge on any atom is 0.243 e. The van der Waals surface area contributed by atoms with E-state index in [0.29, 0.717) is 12.3 Å². The Bertz CT molecular complexity index is 901. The van der Waals surface area contributed by atoms with Crippen LogP contribution in [-0.4, -0.2) is 55.3 Å². The number of nitrogens with zero attached hydrogens (tertiary/aromatic N) is 2. The van der Waals surface area contributed by atoms with Crippen LogP contribution in [0.15, 0.2) is 59.6 Å². The van der Waals surface area contributed by atoms with Crippen LogP contribution in [0.1, 0.15) is 18.1 Å². The average molecular weight is 411 g/mol. The van der Waals surface area contributed by atoms with E-state index in [2.05, 4.69) is 21.6 Å². The highest BCUT2D eigenvalue weighted by atomic mass is 32.2. The highest BCUT2D eigenvalue weighted by Crippen LogP contribution is 2.26. The molecule has 7 heteroatoms. The molecule has 1 aliphatic rings. The van der Waals surface area contributed by atoms with Gasteiger partial charge in [0, 0.05) is 23.9 Å². The molecule has 2 N–H and O–H groups in total. The van der Waals surface area contributed by atoms with Gasteiger partial charge in [0.1, 0.15) is 12.2 Å². The normalized spacial score (nSPS) is 16.9. The molecule has 0 fully saturated rings. The fourth-order valence-electron chi connectivity index (χ4n) is 3.30. The Labute approximate surface area is 175 Å². The lowest BCUT2D eigenvalue weighted by Gasteiger charge is -2.24. The molecule has 29 heavy (non-hydrogen) atoms. The Morgan fingerprint density at radius 2 is 1.86 bits per heavy atom. The lowest BCUT2D eigenvalue weighted by molar-refractivity contribution is -0.127. The van der Waals surface area contributed by atoms with Crippen LogP contribution < -0.4 is 15.5 Å². The number of benzene rings is 2. The Morgan fingerprint density at radius 1 is 1.17 bits per heavy atom. The number of aliphatic imine (C=N–C) groups is 1. The predicted octanol–water partition coefficient (Wildman–Crippen LogP) is 2.28. The van der Waals surface area contributed by atoms with Gasteiger partial charge in [0.05, 0.1) is 18.0 Å². The molecule has 0 bridgehead atoms. The minimum atomic E-state index is -0.624. The molecule has 1 heterocycles. The van der Waals surface area contributed by atoms with Crippen LogP contribution in [0.25, 0.3) is 0 Å². The van der Waals surface area contributed by atoms with Crippen molar-refractivity contribution in [2.24, 2.45) is 4.99 Å². The van der Waals surface area contributed by atoms with Gasteiger partial charge in [0.25, 0.3) is 0 Å². The van der Waals surface area contributed by atoms with Crippen molar-refractivity contribution in [1.82, 2.24) is 10.6 Å². The zero-order valence-electron chi connectivity index (χ0n) is 16.9. The number of thioether (sulfide) groups is 1. The van der Waals surface area contributed by atoms with Crippen LogP contribution >= 0.6 is 11.8 Å². The van der Waals surface area contributed by atoms with E-state index in [1.54, 1.807) is 6.92 Å². The number of nitrogens with one attached hydrogen (secondary N) is 2. The number of hydrogen-bond donors (Lipinski definition) is 2. The fourth-order valence-corrected chi connectivity index (χ4v) is 3.65. The second-order valence-corrected chi connectivity index (χ2v) is 7.85. The summed E-state index contributed by atoms with van der Waals surface area (Å²) in [4.78, 5) is 31.5. The summed E-state index contributed by atoms with van der Waals surface area (Å²) in [6, 6.07) is 17.4. The Hall–Kier alpha value is -2.80. The van der Waals surface area contributed by atoms with Crippen molar-refractivity contribution in [3.05, 3.63) is 65.7 Å². The van der Waals surface area contributed by atoms with E-state index in [-0.39, 0.29) is 11.8 Å². The second-order valence-electron chi connectivity index (χ2n) is 6.99. The summed E-state index contributed by atoms with van der Waals surface area (Å²) in [6.45, 7) is 2.22. The van der Waals surface area contributed by atoms with Crippen LogP contribution in [0, 0.1) is 0 Å². The van der Waals surface area contributed by atoms with Gasteiger partial charge in [-0.3, -0.25) is 14.6 Å². The summed E-state index contributed by atoms with van der Waals surface area (Å²) in [5.74, 6) is -0.0749. The van der Waals surface area contributed by atoms with Crippen molar-refractivity contribution < 1.29 is 9.59 Å². The van der Waals surface area contributed by atoms with E-state index >= 15 is 0 Å². The van der Waals surface area contributed by atoms with Gasteiger partial charge >= 0.3 is 0 Å². The highest BCUT2D eigenvalue weighted by molar-refractivity contribution is 7.99. The third-order valence-corrected chi connectivity index (χ3v) is 5.26. The molecule has 2 aromatic rings. The van der Waals surface area contributed by atoms with Crippen LogP contribution in [-0.2, 0) is 9.59 Å². The van der Waals surface area contributed by atoms with Crippen molar-refractivity contribution in [2.75, 3.05) is 30.5 Å². The van der Waals surface area contributed by atoms with Crippen molar-refractivity contribution in [2.45, 2.75) is 19.1 Å². The standard InChI is InChI=1S/C22H26N4O2S/c1-15(23-20(27)14-29-3)22(28)25-19-13-26(2)18-12-8-7-11-17(18)21(24-19)16-9-5-4-6-10-16/h4-12,15,19H,13-14H2,1-3H3,(H,23,27)(H,25,28)/t15-,19+/m0/s1. The van der Waals surface area contributed by atoms with E-state index in [1.165, 1.54) is 11.8 Å². The van der Waals surface area contributed by atoms with Gasteiger partial charge in [0.2, 0.25) is 11.8 Å². The van der Waals surface area contributed by atoms with Crippen LogP contribution in [0.3, 0.4) is 0 Å². The van der Waals surface area contributed by atoms with Gasteiger partial charge in [-0.15, -0.1) is 0 Å². The lowest BCUT2D eigenvalue weighted by atomic mass is 10.0. The molecule has 0 radical (unpaired) electrons. The number of anilines is 1. The molecule has 0 aliphatic carbocycles. The first-order chi connectivity index (χ1) is 14.0. The van der Waals surface area contributed by atoms with E-state index in [1.807, 2.05) is 61.8 Å². The van der Waals surface area contributed by atoms with Crippen LogP contribution in [0.4, 0.5) is 5.69 Å². The quantitative estimate of drug-likeness (QED) is 0.766. The number of hydrogen-bond acceptors (Lipinski definition) is 5. The fraction of sp³-hybridized carbons (Fsp3) is 0.318. The average Bonchev–Trinajstić information content (AvgIpc) is 2.85. The molecular formula is C22H26N4O2S. The number of likely N-dealkylation sites (N-methyl/N-ethyl adjacent to an activating group) is 1. The first kappa shape index (κ1) is 20.9. The molecule has 0 unspecified atom stereocenters. The molecule has 6 nitrogen and oxygen atoms in total. The van der Waals surface area contributed by atoms with Crippen LogP contribution in [0.5, 0.6) is 0 Å². The lowest BCUT2D eigenvalue weighted by Crippen LogP contribution is -2.50. The Balaban J connectivity index is 1.86. The first-order valence-corrected chi connectivity index (χ1v) is 10.9. The molecule has 0 spiro atoms. The molecular weight excluding hydrogens is 384 g/mol. The molecule has 1 aliphatic heterocycles. The SMILES string of the molecule is CSCC(=O)N[C@@H](C)C(=O)N[C@@H]1CN(C)c2ccccc2C(c2ccccc2)=N1. The summed E-state index contributed by atoms with van der Waals surface area (Å²) in [6.07, 6.45) is 1.42. The molecule has 3 rings (SSSR count). The Kier molecular flexibility index (Phi) is 6.93. The first-order valence-electron chi connectivity index (χ1n) is 9.52. The zero-order chi connectivity index (χ0) is 20.8. The topological polar surface area (TPSA) is 73.8 Å². The third-order valence-electron chi connectivity index (χ3n) is 4.70.